The molecule has 1 aliphatic rings. The molecule has 4 heteroatoms. The van der Waals surface area contributed by atoms with Crippen LogP contribution in [0.4, 0.5) is 0 Å². The molecule has 0 aromatic rings. The lowest BCUT2D eigenvalue weighted by Crippen LogP contribution is -2.33. The standard InChI is InChI=1S/C9H14O4/c1-12-9(13-2)8(11)6-4-3-5-7(6)10/h4,8-9,11H,3,5H2,1-2H3. The number of ketones is 1. The molecular formula is C9H14O4. The first-order valence-corrected chi connectivity index (χ1v) is 4.17. The van der Waals surface area contributed by atoms with Gasteiger partial charge in [0, 0.05) is 26.2 Å². The van der Waals surface area contributed by atoms with Crippen molar-refractivity contribution in [2.75, 3.05) is 14.2 Å². The van der Waals surface area contributed by atoms with Crippen molar-refractivity contribution in [1.29, 1.82) is 0 Å². The van der Waals surface area contributed by atoms with Crippen LogP contribution in [-0.4, -0.2) is 37.5 Å². The van der Waals surface area contributed by atoms with Crippen LogP contribution in [0.5, 0.6) is 0 Å². The average Bonchev–Trinajstić information content (AvgIpc) is 2.53. The summed E-state index contributed by atoms with van der Waals surface area (Å²) in [4.78, 5) is 11.2. The Bertz CT molecular complexity index is 218. The molecule has 13 heavy (non-hydrogen) atoms. The van der Waals surface area contributed by atoms with Crippen LogP contribution in [-0.2, 0) is 14.3 Å². The summed E-state index contributed by atoms with van der Waals surface area (Å²) < 4.78 is 9.71. The molecule has 0 amide bonds. The maximum absolute atomic E-state index is 11.2. The first kappa shape index (κ1) is 10.4. The van der Waals surface area contributed by atoms with E-state index in [4.69, 9.17) is 9.47 Å². The molecule has 74 valence electrons. The smallest absolute Gasteiger partial charge is 0.187 e. The Hall–Kier alpha value is -0.710. The number of ether oxygens (including phenoxy) is 2. The summed E-state index contributed by atoms with van der Waals surface area (Å²) >= 11 is 0. The van der Waals surface area contributed by atoms with Crippen molar-refractivity contribution >= 4 is 5.78 Å². The summed E-state index contributed by atoms with van der Waals surface area (Å²) in [6, 6.07) is 0. The highest BCUT2D eigenvalue weighted by Crippen LogP contribution is 2.20. The van der Waals surface area contributed by atoms with Gasteiger partial charge in [0.05, 0.1) is 0 Å². The third-order valence-electron chi connectivity index (χ3n) is 2.10. The number of allylic oxidation sites excluding steroid dienone is 1. The molecule has 0 aromatic heterocycles. The molecule has 0 fully saturated rings. The number of Topliss-reactive ketones (excluding diaryl/α,β-unsaturated/α-hetero) is 1. The van der Waals surface area contributed by atoms with E-state index in [1.807, 2.05) is 0 Å². The molecule has 0 aliphatic heterocycles. The molecule has 0 heterocycles. The van der Waals surface area contributed by atoms with Crippen LogP contribution in [0.2, 0.25) is 0 Å². The van der Waals surface area contributed by atoms with Gasteiger partial charge in [0.15, 0.2) is 12.1 Å². The third-order valence-corrected chi connectivity index (χ3v) is 2.10. The number of rotatable bonds is 4. The first-order chi connectivity index (χ1) is 6.20. The molecule has 0 spiro atoms. The lowest BCUT2D eigenvalue weighted by atomic mass is 10.1. The largest absolute Gasteiger partial charge is 0.383 e. The Kier molecular flexibility index (Phi) is 3.59. The number of hydrogen-bond donors (Lipinski definition) is 1. The minimum absolute atomic E-state index is 0.0217. The Morgan fingerprint density at radius 2 is 2.08 bits per heavy atom. The molecule has 0 saturated heterocycles. The molecule has 1 aliphatic carbocycles. The van der Waals surface area contributed by atoms with Crippen molar-refractivity contribution < 1.29 is 19.4 Å². The lowest BCUT2D eigenvalue weighted by molar-refractivity contribution is -0.155. The second kappa shape index (κ2) is 4.50. The minimum Gasteiger partial charge on any atom is -0.383 e. The van der Waals surface area contributed by atoms with E-state index in [1.54, 1.807) is 6.08 Å². The van der Waals surface area contributed by atoms with Crippen LogP contribution in [0.25, 0.3) is 0 Å². The maximum Gasteiger partial charge on any atom is 0.187 e. The van der Waals surface area contributed by atoms with Crippen molar-refractivity contribution in [3.05, 3.63) is 11.6 Å². The Morgan fingerprint density at radius 1 is 1.46 bits per heavy atom. The van der Waals surface area contributed by atoms with Gasteiger partial charge in [0.2, 0.25) is 0 Å². The number of carbonyl (C=O) groups excluding carboxylic acids is 1. The van der Waals surface area contributed by atoms with Crippen molar-refractivity contribution in [2.45, 2.75) is 25.2 Å². The van der Waals surface area contributed by atoms with Gasteiger partial charge in [-0.15, -0.1) is 0 Å². The average molecular weight is 186 g/mol. The van der Waals surface area contributed by atoms with Crippen LogP contribution < -0.4 is 0 Å². The molecule has 4 nitrogen and oxygen atoms in total. The number of hydrogen-bond acceptors (Lipinski definition) is 4. The van der Waals surface area contributed by atoms with Crippen molar-refractivity contribution in [3.63, 3.8) is 0 Å². The van der Waals surface area contributed by atoms with Crippen LogP contribution in [0.1, 0.15) is 12.8 Å². The summed E-state index contributed by atoms with van der Waals surface area (Å²) in [6.45, 7) is 0. The zero-order chi connectivity index (χ0) is 9.84. The number of carbonyl (C=O) groups is 1. The van der Waals surface area contributed by atoms with E-state index >= 15 is 0 Å². The Morgan fingerprint density at radius 3 is 2.46 bits per heavy atom. The summed E-state index contributed by atoms with van der Waals surface area (Å²) in [5, 5.41) is 9.64. The van der Waals surface area contributed by atoms with Gasteiger partial charge < -0.3 is 14.6 Å². The van der Waals surface area contributed by atoms with Gasteiger partial charge in [-0.3, -0.25) is 4.79 Å². The topological polar surface area (TPSA) is 55.8 Å². The van der Waals surface area contributed by atoms with Gasteiger partial charge in [-0.2, -0.15) is 0 Å². The SMILES string of the molecule is COC(OC)C(O)C1=CCCC1=O. The predicted molar refractivity (Wildman–Crippen MR) is 46.1 cm³/mol. The molecule has 0 aromatic carbocycles. The van der Waals surface area contributed by atoms with E-state index in [1.165, 1.54) is 14.2 Å². The van der Waals surface area contributed by atoms with Crippen molar-refractivity contribution in [1.82, 2.24) is 0 Å². The van der Waals surface area contributed by atoms with Gasteiger partial charge >= 0.3 is 0 Å². The normalized spacial score (nSPS) is 19.4. The van der Waals surface area contributed by atoms with Crippen LogP contribution in [0, 0.1) is 0 Å². The highest BCUT2D eigenvalue weighted by atomic mass is 16.7. The lowest BCUT2D eigenvalue weighted by Gasteiger charge is -2.20. The van der Waals surface area contributed by atoms with E-state index < -0.39 is 12.4 Å². The highest BCUT2D eigenvalue weighted by Gasteiger charge is 2.28. The second-order valence-electron chi connectivity index (χ2n) is 2.91. The zero-order valence-corrected chi connectivity index (χ0v) is 7.82. The first-order valence-electron chi connectivity index (χ1n) is 4.17. The summed E-state index contributed by atoms with van der Waals surface area (Å²) in [7, 11) is 2.86. The molecule has 0 radical (unpaired) electrons. The monoisotopic (exact) mass is 186 g/mol. The van der Waals surface area contributed by atoms with Gasteiger partial charge in [0.25, 0.3) is 0 Å². The van der Waals surface area contributed by atoms with E-state index in [0.29, 0.717) is 18.4 Å². The molecular weight excluding hydrogens is 172 g/mol. The zero-order valence-electron chi connectivity index (χ0n) is 7.82. The van der Waals surface area contributed by atoms with Gasteiger partial charge in [-0.1, -0.05) is 6.08 Å². The van der Waals surface area contributed by atoms with Crippen LogP contribution in [0.15, 0.2) is 11.6 Å². The van der Waals surface area contributed by atoms with Crippen LogP contribution in [0.3, 0.4) is 0 Å². The Labute approximate surface area is 77.1 Å². The quantitative estimate of drug-likeness (QED) is 0.640. The summed E-state index contributed by atoms with van der Waals surface area (Å²) in [6.07, 6.45) is 1.19. The predicted octanol–water partition coefficient (Wildman–Crippen LogP) is 0.255. The molecule has 1 rings (SSSR count). The molecule has 1 atom stereocenters. The Balaban J connectivity index is 2.65. The van der Waals surface area contributed by atoms with E-state index in [0.717, 1.165) is 0 Å². The van der Waals surface area contributed by atoms with E-state index in [-0.39, 0.29) is 5.78 Å². The molecule has 0 saturated carbocycles. The van der Waals surface area contributed by atoms with Gasteiger partial charge in [0.1, 0.15) is 6.10 Å². The number of methoxy groups -OCH3 is 2. The van der Waals surface area contributed by atoms with Gasteiger partial charge in [-0.05, 0) is 6.42 Å². The third kappa shape index (κ3) is 2.15. The fraction of sp³-hybridized carbons (Fsp3) is 0.667. The summed E-state index contributed by atoms with van der Waals surface area (Å²) in [5.74, 6) is -0.0217. The van der Waals surface area contributed by atoms with Crippen molar-refractivity contribution in [3.8, 4) is 0 Å². The number of aliphatic hydroxyl groups is 1. The minimum atomic E-state index is -0.968. The second-order valence-corrected chi connectivity index (χ2v) is 2.91. The molecule has 1 N–H and O–H groups in total. The van der Waals surface area contributed by atoms with Crippen molar-refractivity contribution in [2.24, 2.45) is 0 Å². The van der Waals surface area contributed by atoms with E-state index in [9.17, 15) is 9.90 Å². The maximum atomic E-state index is 11.2. The molecule has 0 bridgehead atoms. The highest BCUT2D eigenvalue weighted by molar-refractivity contribution is 5.98. The van der Waals surface area contributed by atoms with E-state index in [2.05, 4.69) is 0 Å². The number of aliphatic hydroxyl groups excluding tert-OH is 1. The van der Waals surface area contributed by atoms with Crippen LogP contribution >= 0.6 is 0 Å². The summed E-state index contributed by atoms with van der Waals surface area (Å²) in [5.41, 5.74) is 0.411. The van der Waals surface area contributed by atoms with Gasteiger partial charge in [-0.25, -0.2) is 0 Å². The fourth-order valence-electron chi connectivity index (χ4n) is 1.40. The molecule has 1 unspecified atom stereocenters. The fourth-order valence-corrected chi connectivity index (χ4v) is 1.40.